The number of aromatic nitrogens is 2. The number of halogens is 3. The van der Waals surface area contributed by atoms with Crippen LogP contribution in [0.25, 0.3) is 0 Å². The lowest BCUT2D eigenvalue weighted by molar-refractivity contribution is -0.141. The molecule has 2 aromatic rings. The highest BCUT2D eigenvalue weighted by atomic mass is 19.4. The molecule has 0 aliphatic carbocycles. The summed E-state index contributed by atoms with van der Waals surface area (Å²) in [5.74, 6) is -1.49. The van der Waals surface area contributed by atoms with E-state index in [4.69, 9.17) is 9.47 Å². The lowest BCUT2D eigenvalue weighted by atomic mass is 10.1. The third kappa shape index (κ3) is 4.13. The van der Waals surface area contributed by atoms with Gasteiger partial charge in [0.2, 0.25) is 0 Å². The van der Waals surface area contributed by atoms with E-state index in [-0.39, 0.29) is 17.9 Å². The highest BCUT2D eigenvalue weighted by Crippen LogP contribution is 2.31. The molecule has 26 heavy (non-hydrogen) atoms. The van der Waals surface area contributed by atoms with Crippen LogP contribution < -0.4 is 10.1 Å². The smallest absolute Gasteiger partial charge is 0.435 e. The fourth-order valence-corrected chi connectivity index (χ4v) is 2.19. The molecule has 0 fully saturated rings. The molecular weight excluding hydrogens is 355 g/mol. The van der Waals surface area contributed by atoms with E-state index in [1.807, 2.05) is 0 Å². The Bertz CT molecular complexity index is 831. The zero-order valence-corrected chi connectivity index (χ0v) is 14.2. The van der Waals surface area contributed by atoms with Gasteiger partial charge in [-0.2, -0.15) is 18.3 Å². The average Bonchev–Trinajstić information content (AvgIpc) is 2.97. The van der Waals surface area contributed by atoms with Gasteiger partial charge in [0.1, 0.15) is 5.75 Å². The first-order valence-corrected chi connectivity index (χ1v) is 7.44. The Morgan fingerprint density at radius 2 is 1.96 bits per heavy atom. The fraction of sp³-hybridized carbons (Fsp3) is 0.312. The molecule has 1 aromatic carbocycles. The van der Waals surface area contributed by atoms with E-state index >= 15 is 0 Å². The number of alkyl halides is 3. The zero-order valence-electron chi connectivity index (χ0n) is 14.2. The Hall–Kier alpha value is -3.04. The number of nitrogens with zero attached hydrogens (tertiary/aromatic N) is 2. The number of nitrogens with one attached hydrogen (secondary N) is 1. The molecule has 0 atom stereocenters. The van der Waals surface area contributed by atoms with Crippen LogP contribution in [-0.2, 0) is 18.0 Å². The summed E-state index contributed by atoms with van der Waals surface area (Å²) in [6, 6.07) is 4.13. The Labute approximate surface area is 146 Å². The van der Waals surface area contributed by atoms with Gasteiger partial charge in [0.05, 0.1) is 30.5 Å². The van der Waals surface area contributed by atoms with Crippen LogP contribution in [0.1, 0.15) is 33.3 Å². The number of carbonyl (C=O) groups is 2. The van der Waals surface area contributed by atoms with Crippen molar-refractivity contribution in [1.82, 2.24) is 9.78 Å². The van der Waals surface area contributed by atoms with Gasteiger partial charge in [-0.3, -0.25) is 9.48 Å². The Morgan fingerprint density at radius 1 is 1.27 bits per heavy atom. The molecule has 0 saturated heterocycles. The number of carbonyl (C=O) groups excluding carboxylic acids is 2. The number of aryl methyl sites for hydroxylation is 1. The molecule has 0 unspecified atom stereocenters. The van der Waals surface area contributed by atoms with Crippen molar-refractivity contribution < 1.29 is 32.2 Å². The van der Waals surface area contributed by atoms with Crippen LogP contribution in [0.4, 0.5) is 18.9 Å². The third-order valence-electron chi connectivity index (χ3n) is 3.31. The number of amides is 1. The second-order valence-corrected chi connectivity index (χ2v) is 5.15. The number of rotatable bonds is 5. The van der Waals surface area contributed by atoms with Crippen LogP contribution in [0.3, 0.4) is 0 Å². The standard InChI is InChI=1S/C16H16F3N3O4/c1-4-26-15(24)10-6-5-9(25-3)7-12(10)20-14(23)11-8-22(2)21-13(11)16(17,18)19/h5-8H,4H2,1-3H3,(H,20,23). The summed E-state index contributed by atoms with van der Waals surface area (Å²) in [6.45, 7) is 1.70. The lowest BCUT2D eigenvalue weighted by Gasteiger charge is -2.12. The minimum absolute atomic E-state index is 0.0153. The molecule has 0 bridgehead atoms. The SMILES string of the molecule is CCOC(=O)c1ccc(OC)cc1NC(=O)c1cn(C)nc1C(F)(F)F. The van der Waals surface area contributed by atoms with E-state index in [0.29, 0.717) is 5.75 Å². The lowest BCUT2D eigenvalue weighted by Crippen LogP contribution is -2.19. The van der Waals surface area contributed by atoms with Gasteiger partial charge < -0.3 is 14.8 Å². The summed E-state index contributed by atoms with van der Waals surface area (Å²) < 4.78 is 49.9. The van der Waals surface area contributed by atoms with Crippen LogP contribution in [0.2, 0.25) is 0 Å². The highest BCUT2D eigenvalue weighted by Gasteiger charge is 2.39. The predicted octanol–water partition coefficient (Wildman–Crippen LogP) is 2.88. The number of hydrogen-bond donors (Lipinski definition) is 1. The topological polar surface area (TPSA) is 82.5 Å². The normalized spacial score (nSPS) is 11.2. The van der Waals surface area contributed by atoms with E-state index in [1.165, 1.54) is 32.4 Å². The summed E-state index contributed by atoms with van der Waals surface area (Å²) in [6.07, 6.45) is -3.85. The molecular formula is C16H16F3N3O4. The Kier molecular flexibility index (Phi) is 5.53. The van der Waals surface area contributed by atoms with E-state index in [2.05, 4.69) is 10.4 Å². The average molecular weight is 371 g/mol. The van der Waals surface area contributed by atoms with Gasteiger partial charge in [-0.15, -0.1) is 0 Å². The summed E-state index contributed by atoms with van der Waals surface area (Å²) in [4.78, 5) is 24.4. The zero-order chi connectivity index (χ0) is 19.5. The molecule has 0 saturated carbocycles. The molecule has 140 valence electrons. The molecule has 1 N–H and O–H groups in total. The van der Waals surface area contributed by atoms with E-state index < -0.39 is 29.3 Å². The molecule has 0 aliphatic rings. The van der Waals surface area contributed by atoms with Crippen molar-refractivity contribution in [1.29, 1.82) is 0 Å². The Balaban J connectivity index is 2.42. The highest BCUT2D eigenvalue weighted by molar-refractivity contribution is 6.08. The quantitative estimate of drug-likeness (QED) is 0.818. The van der Waals surface area contributed by atoms with Crippen molar-refractivity contribution in [2.45, 2.75) is 13.1 Å². The first-order valence-electron chi connectivity index (χ1n) is 7.44. The molecule has 10 heteroatoms. The number of ether oxygens (including phenoxy) is 2. The summed E-state index contributed by atoms with van der Waals surface area (Å²) in [5.41, 5.74) is -2.04. The molecule has 0 spiro atoms. The second kappa shape index (κ2) is 7.46. The van der Waals surface area contributed by atoms with Crippen molar-refractivity contribution in [3.05, 3.63) is 41.2 Å². The molecule has 0 radical (unpaired) electrons. The van der Waals surface area contributed by atoms with Gasteiger partial charge in [-0.1, -0.05) is 0 Å². The minimum atomic E-state index is -4.80. The number of anilines is 1. The maximum Gasteiger partial charge on any atom is 0.435 e. The van der Waals surface area contributed by atoms with Crippen molar-refractivity contribution in [2.24, 2.45) is 7.05 Å². The van der Waals surface area contributed by atoms with Gasteiger partial charge >= 0.3 is 12.1 Å². The van der Waals surface area contributed by atoms with E-state index in [0.717, 1.165) is 10.9 Å². The maximum atomic E-state index is 13.0. The van der Waals surface area contributed by atoms with Crippen molar-refractivity contribution >= 4 is 17.6 Å². The molecule has 1 heterocycles. The maximum absolute atomic E-state index is 13.0. The number of hydrogen-bond acceptors (Lipinski definition) is 5. The fourth-order valence-electron chi connectivity index (χ4n) is 2.19. The number of esters is 1. The van der Waals surface area contributed by atoms with Gasteiger partial charge in [-0.25, -0.2) is 4.79 Å². The van der Waals surface area contributed by atoms with Crippen LogP contribution in [-0.4, -0.2) is 35.4 Å². The van der Waals surface area contributed by atoms with Crippen molar-refractivity contribution in [3.63, 3.8) is 0 Å². The van der Waals surface area contributed by atoms with Gasteiger partial charge in [0.25, 0.3) is 5.91 Å². The van der Waals surface area contributed by atoms with Crippen LogP contribution in [0, 0.1) is 0 Å². The van der Waals surface area contributed by atoms with E-state index in [1.54, 1.807) is 6.92 Å². The minimum Gasteiger partial charge on any atom is -0.497 e. The predicted molar refractivity (Wildman–Crippen MR) is 85.1 cm³/mol. The first kappa shape index (κ1) is 19.3. The van der Waals surface area contributed by atoms with Crippen molar-refractivity contribution in [3.8, 4) is 5.75 Å². The van der Waals surface area contributed by atoms with Crippen LogP contribution in [0.15, 0.2) is 24.4 Å². The van der Waals surface area contributed by atoms with E-state index in [9.17, 15) is 22.8 Å². The molecule has 0 aliphatic heterocycles. The van der Waals surface area contributed by atoms with Gasteiger partial charge in [0.15, 0.2) is 5.69 Å². The Morgan fingerprint density at radius 3 is 2.54 bits per heavy atom. The van der Waals surface area contributed by atoms with Crippen LogP contribution in [0.5, 0.6) is 5.75 Å². The summed E-state index contributed by atoms with van der Waals surface area (Å²) >= 11 is 0. The molecule has 1 amide bonds. The first-order chi connectivity index (χ1) is 12.2. The summed E-state index contributed by atoms with van der Waals surface area (Å²) in [5, 5.41) is 5.57. The number of methoxy groups -OCH3 is 1. The van der Waals surface area contributed by atoms with Gasteiger partial charge in [0, 0.05) is 19.3 Å². The van der Waals surface area contributed by atoms with Crippen molar-refractivity contribution in [2.75, 3.05) is 19.0 Å². The molecule has 1 aromatic heterocycles. The largest absolute Gasteiger partial charge is 0.497 e. The molecule has 2 rings (SSSR count). The monoisotopic (exact) mass is 371 g/mol. The number of benzene rings is 1. The molecule has 7 nitrogen and oxygen atoms in total. The van der Waals surface area contributed by atoms with Gasteiger partial charge in [-0.05, 0) is 19.1 Å². The summed E-state index contributed by atoms with van der Waals surface area (Å²) in [7, 11) is 2.63. The van der Waals surface area contributed by atoms with Crippen LogP contribution >= 0.6 is 0 Å². The third-order valence-corrected chi connectivity index (χ3v) is 3.31. The second-order valence-electron chi connectivity index (χ2n) is 5.15.